The van der Waals surface area contributed by atoms with Crippen LogP contribution in [0.5, 0.6) is 0 Å². The summed E-state index contributed by atoms with van der Waals surface area (Å²) in [7, 11) is 0. The second-order valence-electron chi connectivity index (χ2n) is 6.72. The molecule has 5 nitrogen and oxygen atoms in total. The molecule has 0 radical (unpaired) electrons. The summed E-state index contributed by atoms with van der Waals surface area (Å²) in [5.74, 6) is 1.70. The van der Waals surface area contributed by atoms with Gasteiger partial charge in [-0.1, -0.05) is 6.07 Å². The van der Waals surface area contributed by atoms with Gasteiger partial charge in [-0.2, -0.15) is 0 Å². The van der Waals surface area contributed by atoms with E-state index in [0.29, 0.717) is 19.5 Å². The topological polar surface area (TPSA) is 55.6 Å². The van der Waals surface area contributed by atoms with E-state index in [4.69, 9.17) is 9.15 Å². The van der Waals surface area contributed by atoms with Crippen LogP contribution in [-0.4, -0.2) is 35.0 Å². The maximum Gasteiger partial charge on any atom is 0.229 e. The number of nitrogens with zero attached hydrogens (tertiary/aromatic N) is 2. The maximum atomic E-state index is 13.0. The van der Waals surface area contributed by atoms with E-state index in [-0.39, 0.29) is 12.0 Å². The van der Waals surface area contributed by atoms with Crippen molar-refractivity contribution < 1.29 is 13.9 Å². The molecular weight excluding hydrogens is 380 g/mol. The highest BCUT2D eigenvalue weighted by atomic mass is 32.1. The third kappa shape index (κ3) is 4.66. The Morgan fingerprint density at radius 3 is 2.96 bits per heavy atom. The summed E-state index contributed by atoms with van der Waals surface area (Å²) in [6, 6.07) is 7.93. The van der Waals surface area contributed by atoms with Crippen LogP contribution >= 0.6 is 22.7 Å². The Morgan fingerprint density at radius 2 is 2.26 bits per heavy atom. The van der Waals surface area contributed by atoms with Crippen LogP contribution in [-0.2, 0) is 22.5 Å². The average Bonchev–Trinajstić information content (AvgIpc) is 3.43. The minimum Gasteiger partial charge on any atom is -0.459 e. The minimum absolute atomic E-state index is 0.0892. The van der Waals surface area contributed by atoms with E-state index in [2.05, 4.69) is 11.1 Å². The number of rotatable bonds is 7. The molecule has 1 amide bonds. The lowest BCUT2D eigenvalue weighted by atomic mass is 10.2. The smallest absolute Gasteiger partial charge is 0.229 e. The van der Waals surface area contributed by atoms with Crippen molar-refractivity contribution in [3.8, 4) is 10.8 Å². The number of aromatic nitrogens is 1. The van der Waals surface area contributed by atoms with Gasteiger partial charge in [0.2, 0.25) is 5.91 Å². The van der Waals surface area contributed by atoms with E-state index in [1.807, 2.05) is 40.8 Å². The second-order valence-corrected chi connectivity index (χ2v) is 8.61. The number of carbonyl (C=O) groups is 1. The molecule has 1 atom stereocenters. The number of hydrogen-bond acceptors (Lipinski definition) is 6. The van der Waals surface area contributed by atoms with Crippen molar-refractivity contribution >= 4 is 28.6 Å². The van der Waals surface area contributed by atoms with Gasteiger partial charge in [0.25, 0.3) is 0 Å². The molecule has 0 spiro atoms. The monoisotopic (exact) mass is 402 g/mol. The standard InChI is InChI=1S/C20H22N2O3S2/c1-14-6-7-18(25-14)20-21-15(13-27-20)10-19(23)22(11-16-4-2-8-24-16)12-17-5-3-9-26-17/h3,5-7,9,13,16H,2,4,8,10-12H2,1H3. The Balaban J connectivity index is 1.44. The van der Waals surface area contributed by atoms with Crippen molar-refractivity contribution in [1.82, 2.24) is 9.88 Å². The van der Waals surface area contributed by atoms with Gasteiger partial charge >= 0.3 is 0 Å². The van der Waals surface area contributed by atoms with Crippen molar-refractivity contribution in [2.24, 2.45) is 0 Å². The minimum atomic E-state index is 0.0892. The molecule has 3 aromatic heterocycles. The number of furan rings is 1. The molecule has 0 N–H and O–H groups in total. The van der Waals surface area contributed by atoms with E-state index < -0.39 is 0 Å². The highest BCUT2D eigenvalue weighted by molar-refractivity contribution is 7.13. The first-order valence-corrected chi connectivity index (χ1v) is 10.9. The largest absolute Gasteiger partial charge is 0.459 e. The Kier molecular flexibility index (Phi) is 5.71. The van der Waals surface area contributed by atoms with Gasteiger partial charge < -0.3 is 14.1 Å². The van der Waals surface area contributed by atoms with Gasteiger partial charge in [0.05, 0.1) is 24.8 Å². The van der Waals surface area contributed by atoms with Crippen molar-refractivity contribution in [3.05, 3.63) is 51.4 Å². The zero-order chi connectivity index (χ0) is 18.6. The van der Waals surface area contributed by atoms with Gasteiger partial charge in [0.15, 0.2) is 10.8 Å². The fraction of sp³-hybridized carbons (Fsp3) is 0.400. The summed E-state index contributed by atoms with van der Waals surface area (Å²) in [4.78, 5) is 20.7. The summed E-state index contributed by atoms with van der Waals surface area (Å²) in [6.07, 6.45) is 2.54. The van der Waals surface area contributed by atoms with E-state index in [1.54, 1.807) is 11.3 Å². The number of hydrogen-bond donors (Lipinski definition) is 0. The molecule has 1 aliphatic heterocycles. The van der Waals surface area contributed by atoms with E-state index in [9.17, 15) is 4.79 Å². The van der Waals surface area contributed by atoms with Crippen LogP contribution in [0.3, 0.4) is 0 Å². The molecule has 4 rings (SSSR count). The highest BCUT2D eigenvalue weighted by Crippen LogP contribution is 2.26. The van der Waals surface area contributed by atoms with Crippen LogP contribution in [0.1, 0.15) is 29.2 Å². The van der Waals surface area contributed by atoms with Gasteiger partial charge in [-0.25, -0.2) is 4.98 Å². The van der Waals surface area contributed by atoms with Gasteiger partial charge in [0, 0.05) is 23.4 Å². The number of thiazole rings is 1. The lowest BCUT2D eigenvalue weighted by molar-refractivity contribution is -0.132. The normalized spacial score (nSPS) is 16.7. The van der Waals surface area contributed by atoms with Gasteiger partial charge in [-0.15, -0.1) is 22.7 Å². The Morgan fingerprint density at radius 1 is 1.33 bits per heavy atom. The molecule has 1 fully saturated rings. The van der Waals surface area contributed by atoms with E-state index in [0.717, 1.165) is 41.7 Å². The van der Waals surface area contributed by atoms with Crippen molar-refractivity contribution in [2.75, 3.05) is 13.2 Å². The molecule has 0 bridgehead atoms. The third-order valence-electron chi connectivity index (χ3n) is 4.56. The van der Waals surface area contributed by atoms with Crippen LogP contribution in [0.15, 0.2) is 39.4 Å². The van der Waals surface area contributed by atoms with Crippen LogP contribution in [0, 0.1) is 6.92 Å². The number of amides is 1. The molecule has 0 aliphatic carbocycles. The zero-order valence-electron chi connectivity index (χ0n) is 15.2. The highest BCUT2D eigenvalue weighted by Gasteiger charge is 2.24. The van der Waals surface area contributed by atoms with Crippen molar-refractivity contribution in [3.63, 3.8) is 0 Å². The summed E-state index contributed by atoms with van der Waals surface area (Å²) in [6.45, 7) is 3.98. The Hall–Kier alpha value is -1.96. The molecule has 4 heterocycles. The van der Waals surface area contributed by atoms with Crippen LogP contribution in [0.25, 0.3) is 10.8 Å². The summed E-state index contributed by atoms with van der Waals surface area (Å²) in [5, 5.41) is 4.80. The molecule has 0 aromatic carbocycles. The number of carbonyl (C=O) groups excluding carboxylic acids is 1. The molecule has 3 aromatic rings. The Bertz CT molecular complexity index is 879. The summed E-state index contributed by atoms with van der Waals surface area (Å²) in [5.41, 5.74) is 0.789. The zero-order valence-corrected chi connectivity index (χ0v) is 16.9. The summed E-state index contributed by atoms with van der Waals surface area (Å²) >= 11 is 3.19. The van der Waals surface area contributed by atoms with Crippen molar-refractivity contribution in [2.45, 2.75) is 38.8 Å². The first kappa shape index (κ1) is 18.4. The summed E-state index contributed by atoms with van der Waals surface area (Å²) < 4.78 is 11.4. The fourth-order valence-corrected chi connectivity index (χ4v) is 4.70. The number of aryl methyl sites for hydroxylation is 1. The van der Waals surface area contributed by atoms with Gasteiger partial charge in [-0.05, 0) is 43.3 Å². The second kappa shape index (κ2) is 8.37. The quantitative estimate of drug-likeness (QED) is 0.583. The molecule has 1 aliphatic rings. The van der Waals surface area contributed by atoms with Gasteiger partial charge in [0.1, 0.15) is 5.76 Å². The maximum absolute atomic E-state index is 13.0. The lowest BCUT2D eigenvalue weighted by Crippen LogP contribution is -2.37. The molecule has 1 unspecified atom stereocenters. The SMILES string of the molecule is Cc1ccc(-c2nc(CC(=O)N(Cc3cccs3)CC3CCCO3)cs2)o1. The van der Waals surface area contributed by atoms with E-state index in [1.165, 1.54) is 16.2 Å². The Labute approximate surface area is 166 Å². The van der Waals surface area contributed by atoms with Crippen molar-refractivity contribution in [1.29, 1.82) is 0 Å². The first-order valence-electron chi connectivity index (χ1n) is 9.10. The van der Waals surface area contributed by atoms with Crippen LogP contribution in [0.4, 0.5) is 0 Å². The third-order valence-corrected chi connectivity index (χ3v) is 6.33. The van der Waals surface area contributed by atoms with Crippen LogP contribution < -0.4 is 0 Å². The molecule has 7 heteroatoms. The molecule has 142 valence electrons. The fourth-order valence-electron chi connectivity index (χ4n) is 3.20. The van der Waals surface area contributed by atoms with E-state index >= 15 is 0 Å². The predicted molar refractivity (Wildman–Crippen MR) is 107 cm³/mol. The number of thiophene rings is 1. The molecule has 27 heavy (non-hydrogen) atoms. The molecule has 0 saturated carbocycles. The predicted octanol–water partition coefficient (Wildman–Crippen LogP) is 4.52. The number of ether oxygens (including phenoxy) is 1. The lowest BCUT2D eigenvalue weighted by Gasteiger charge is -2.25. The molecular formula is C20H22N2O3S2. The average molecular weight is 403 g/mol. The van der Waals surface area contributed by atoms with Gasteiger partial charge in [-0.3, -0.25) is 4.79 Å². The molecule has 1 saturated heterocycles. The van der Waals surface area contributed by atoms with Crippen LogP contribution in [0.2, 0.25) is 0 Å². The first-order chi connectivity index (χ1) is 13.2.